The molecule has 0 saturated carbocycles. The molecule has 0 bridgehead atoms. The summed E-state index contributed by atoms with van der Waals surface area (Å²) >= 11 is 0. The number of nitrogens with one attached hydrogen (secondary N) is 1. The van der Waals surface area contributed by atoms with Crippen LogP contribution < -0.4 is 10.2 Å². The average Bonchev–Trinajstić information content (AvgIpc) is 3.01. The smallest absolute Gasteiger partial charge is 0.261 e. The molecule has 25 heavy (non-hydrogen) atoms. The van der Waals surface area contributed by atoms with Crippen LogP contribution in [0.1, 0.15) is 12.5 Å². The van der Waals surface area contributed by atoms with Gasteiger partial charge in [0.05, 0.1) is 18.3 Å². The molecule has 1 amide bonds. The van der Waals surface area contributed by atoms with E-state index in [-0.39, 0.29) is 18.2 Å². The summed E-state index contributed by atoms with van der Waals surface area (Å²) < 4.78 is 6.79. The van der Waals surface area contributed by atoms with Crippen LogP contribution in [0, 0.1) is 0 Å². The minimum absolute atomic E-state index is 0.0111. The lowest BCUT2D eigenvalue weighted by Crippen LogP contribution is -2.23. The summed E-state index contributed by atoms with van der Waals surface area (Å²) in [6.45, 7) is 2.26. The van der Waals surface area contributed by atoms with Crippen molar-refractivity contribution in [3.63, 3.8) is 0 Å². The van der Waals surface area contributed by atoms with E-state index in [4.69, 9.17) is 4.74 Å². The van der Waals surface area contributed by atoms with Gasteiger partial charge in [0.1, 0.15) is 12.1 Å². The monoisotopic (exact) mass is 339 g/mol. The van der Waals surface area contributed by atoms with Gasteiger partial charge in [0.25, 0.3) is 5.91 Å². The number of phenolic OH excluding ortho intramolecular Hbond substituents is 1. The Morgan fingerprint density at radius 2 is 2.16 bits per heavy atom. The molecule has 1 aromatic heterocycles. The normalized spacial score (nSPS) is 11.1. The van der Waals surface area contributed by atoms with Gasteiger partial charge in [-0.05, 0) is 31.2 Å². The van der Waals surface area contributed by atoms with E-state index >= 15 is 0 Å². The maximum atomic E-state index is 12.0. The standard InChI is InChI=1S/C17H17N5O3/c1-2-25-15-9-5-6-12(17(15)24)10-18-20-16(23)11-22-14-8-4-3-7-13(14)19-21-22/h3-10,24H,2,11H2,1H3,(H,20,23)/b18-10+. The van der Waals surface area contributed by atoms with E-state index in [1.807, 2.05) is 31.2 Å². The van der Waals surface area contributed by atoms with E-state index in [1.54, 1.807) is 18.2 Å². The molecule has 128 valence electrons. The Labute approximate surface area is 143 Å². The van der Waals surface area contributed by atoms with Crippen LogP contribution in [0.25, 0.3) is 11.0 Å². The first-order valence-electron chi connectivity index (χ1n) is 7.74. The van der Waals surface area contributed by atoms with Gasteiger partial charge in [-0.1, -0.05) is 23.4 Å². The van der Waals surface area contributed by atoms with Gasteiger partial charge in [-0.15, -0.1) is 5.10 Å². The predicted molar refractivity (Wildman–Crippen MR) is 92.5 cm³/mol. The van der Waals surface area contributed by atoms with Crippen molar-refractivity contribution in [1.82, 2.24) is 20.4 Å². The van der Waals surface area contributed by atoms with Gasteiger partial charge in [-0.3, -0.25) is 4.79 Å². The topological polar surface area (TPSA) is 102 Å². The molecule has 0 unspecified atom stereocenters. The quantitative estimate of drug-likeness (QED) is 0.525. The van der Waals surface area contributed by atoms with Crippen LogP contribution in [-0.4, -0.2) is 38.8 Å². The molecule has 3 aromatic rings. The summed E-state index contributed by atoms with van der Waals surface area (Å²) in [4.78, 5) is 12.0. The average molecular weight is 339 g/mol. The van der Waals surface area contributed by atoms with Gasteiger partial charge < -0.3 is 9.84 Å². The maximum absolute atomic E-state index is 12.0. The van der Waals surface area contributed by atoms with Crippen molar-refractivity contribution in [2.75, 3.05) is 6.61 Å². The third kappa shape index (κ3) is 3.74. The third-order valence-electron chi connectivity index (χ3n) is 3.44. The fraction of sp³-hybridized carbons (Fsp3) is 0.176. The molecule has 8 heteroatoms. The summed E-state index contributed by atoms with van der Waals surface area (Å²) in [5.74, 6) is -0.0103. The minimum Gasteiger partial charge on any atom is -0.504 e. The summed E-state index contributed by atoms with van der Waals surface area (Å²) in [5.41, 5.74) is 4.33. The van der Waals surface area contributed by atoms with E-state index in [9.17, 15) is 9.90 Å². The number of nitrogens with zero attached hydrogens (tertiary/aromatic N) is 4. The first kappa shape index (κ1) is 16.4. The van der Waals surface area contributed by atoms with Crippen LogP contribution in [0.15, 0.2) is 47.6 Å². The molecule has 0 aliphatic rings. The number of hydrogen-bond donors (Lipinski definition) is 2. The van der Waals surface area contributed by atoms with E-state index < -0.39 is 0 Å². The fourth-order valence-corrected chi connectivity index (χ4v) is 2.29. The minimum atomic E-state index is -0.354. The number of fused-ring (bicyclic) bond motifs is 1. The Morgan fingerprint density at radius 1 is 1.32 bits per heavy atom. The molecule has 0 spiro atoms. The lowest BCUT2D eigenvalue weighted by Gasteiger charge is -2.07. The molecule has 3 rings (SSSR count). The van der Waals surface area contributed by atoms with Crippen molar-refractivity contribution in [3.05, 3.63) is 48.0 Å². The molecule has 1 heterocycles. The molecule has 0 radical (unpaired) electrons. The van der Waals surface area contributed by atoms with Crippen LogP contribution in [0.5, 0.6) is 11.5 Å². The molecule has 2 aromatic carbocycles. The van der Waals surface area contributed by atoms with E-state index in [0.717, 1.165) is 11.0 Å². The molecular formula is C17H17N5O3. The highest BCUT2D eigenvalue weighted by atomic mass is 16.5. The summed E-state index contributed by atoms with van der Waals surface area (Å²) in [6, 6.07) is 12.4. The highest BCUT2D eigenvalue weighted by molar-refractivity contribution is 5.86. The lowest BCUT2D eigenvalue weighted by atomic mass is 10.2. The van der Waals surface area contributed by atoms with E-state index in [0.29, 0.717) is 17.9 Å². The van der Waals surface area contributed by atoms with Gasteiger partial charge in [0.15, 0.2) is 11.5 Å². The van der Waals surface area contributed by atoms with E-state index in [1.165, 1.54) is 10.9 Å². The zero-order chi connectivity index (χ0) is 17.6. The van der Waals surface area contributed by atoms with Crippen molar-refractivity contribution < 1.29 is 14.6 Å². The molecule has 8 nitrogen and oxygen atoms in total. The van der Waals surface area contributed by atoms with Gasteiger partial charge in [-0.25, -0.2) is 10.1 Å². The lowest BCUT2D eigenvalue weighted by molar-refractivity contribution is -0.121. The van der Waals surface area contributed by atoms with Crippen molar-refractivity contribution in [2.45, 2.75) is 13.5 Å². The number of aromatic nitrogens is 3. The highest BCUT2D eigenvalue weighted by Crippen LogP contribution is 2.28. The Hall–Kier alpha value is -3.42. The SMILES string of the molecule is CCOc1cccc(/C=N/NC(=O)Cn2nnc3ccccc32)c1O. The number of para-hydroxylation sites is 2. The number of amides is 1. The molecule has 0 saturated heterocycles. The number of carbonyl (C=O) groups is 1. The number of hydrazone groups is 1. The summed E-state index contributed by atoms with van der Waals surface area (Å²) in [6.07, 6.45) is 1.36. The first-order valence-corrected chi connectivity index (χ1v) is 7.74. The molecule has 0 aliphatic carbocycles. The third-order valence-corrected chi connectivity index (χ3v) is 3.44. The summed E-state index contributed by atoms with van der Waals surface area (Å²) in [7, 11) is 0. The molecule has 0 aliphatic heterocycles. The van der Waals surface area contributed by atoms with E-state index in [2.05, 4.69) is 20.8 Å². The van der Waals surface area contributed by atoms with Crippen LogP contribution in [0.2, 0.25) is 0 Å². The van der Waals surface area contributed by atoms with Crippen molar-refractivity contribution in [2.24, 2.45) is 5.10 Å². The second kappa shape index (κ2) is 7.43. The van der Waals surface area contributed by atoms with Crippen LogP contribution in [-0.2, 0) is 11.3 Å². The Balaban J connectivity index is 1.64. The molecule has 2 N–H and O–H groups in total. The van der Waals surface area contributed by atoms with Crippen LogP contribution in [0.3, 0.4) is 0 Å². The van der Waals surface area contributed by atoms with Gasteiger partial charge in [-0.2, -0.15) is 5.10 Å². The number of benzene rings is 2. The van der Waals surface area contributed by atoms with Gasteiger partial charge >= 0.3 is 0 Å². The van der Waals surface area contributed by atoms with Crippen LogP contribution >= 0.6 is 0 Å². The number of aromatic hydroxyl groups is 1. The number of hydrogen-bond acceptors (Lipinski definition) is 6. The second-order valence-electron chi connectivity index (χ2n) is 5.16. The molecule has 0 atom stereocenters. The van der Waals surface area contributed by atoms with Crippen molar-refractivity contribution >= 4 is 23.2 Å². The molecule has 0 fully saturated rings. The summed E-state index contributed by atoms with van der Waals surface area (Å²) in [5, 5.41) is 21.9. The first-order chi connectivity index (χ1) is 12.2. The zero-order valence-corrected chi connectivity index (χ0v) is 13.6. The van der Waals surface area contributed by atoms with Crippen molar-refractivity contribution in [1.29, 1.82) is 0 Å². The number of rotatable bonds is 6. The van der Waals surface area contributed by atoms with Gasteiger partial charge in [0, 0.05) is 5.56 Å². The Morgan fingerprint density at radius 3 is 3.00 bits per heavy atom. The Bertz CT molecular complexity index is 920. The Kier molecular flexibility index (Phi) is 4.89. The molecular weight excluding hydrogens is 322 g/mol. The highest BCUT2D eigenvalue weighted by Gasteiger charge is 2.08. The van der Waals surface area contributed by atoms with Crippen LogP contribution in [0.4, 0.5) is 0 Å². The second-order valence-corrected chi connectivity index (χ2v) is 5.16. The zero-order valence-electron chi connectivity index (χ0n) is 13.6. The maximum Gasteiger partial charge on any atom is 0.261 e. The number of phenols is 1. The number of carbonyl (C=O) groups excluding carboxylic acids is 1. The largest absolute Gasteiger partial charge is 0.504 e. The fourth-order valence-electron chi connectivity index (χ4n) is 2.29. The van der Waals surface area contributed by atoms with Gasteiger partial charge in [0.2, 0.25) is 0 Å². The number of ether oxygens (including phenoxy) is 1. The predicted octanol–water partition coefficient (Wildman–Crippen LogP) is 1.69. The van der Waals surface area contributed by atoms with Crippen molar-refractivity contribution in [3.8, 4) is 11.5 Å².